The first kappa shape index (κ1) is 29.9. The van der Waals surface area contributed by atoms with E-state index in [9.17, 15) is 9.59 Å². The lowest BCUT2D eigenvalue weighted by Crippen LogP contribution is -2.26. The third-order valence-electron chi connectivity index (χ3n) is 8.59. The number of benzene rings is 2. The van der Waals surface area contributed by atoms with Crippen LogP contribution in [0, 0.1) is 0 Å². The van der Waals surface area contributed by atoms with E-state index in [2.05, 4.69) is 41.5 Å². The maximum Gasteiger partial charge on any atom is 0.339 e. The molecule has 0 saturated heterocycles. The summed E-state index contributed by atoms with van der Waals surface area (Å²) in [5, 5.41) is 0. The minimum atomic E-state index is -0.427. The second-order valence-corrected chi connectivity index (χ2v) is 10.5. The normalized spacial score (nSPS) is 12.2. The van der Waals surface area contributed by atoms with Gasteiger partial charge in [-0.2, -0.15) is 0 Å². The van der Waals surface area contributed by atoms with Gasteiger partial charge in [0.15, 0.2) is 0 Å². The van der Waals surface area contributed by atoms with Crippen molar-refractivity contribution in [2.24, 2.45) is 0 Å². The minimum absolute atomic E-state index is 0.427. The van der Waals surface area contributed by atoms with Crippen molar-refractivity contribution in [2.45, 2.75) is 119 Å². The first-order valence-electron chi connectivity index (χ1n) is 14.9. The van der Waals surface area contributed by atoms with Gasteiger partial charge in [-0.15, -0.1) is 0 Å². The first-order valence-corrected chi connectivity index (χ1v) is 14.9. The van der Waals surface area contributed by atoms with Crippen LogP contribution in [-0.2, 0) is 60.8 Å². The number of unbranched alkanes of at least 4 members (excludes halogenated alkanes) is 2. The van der Waals surface area contributed by atoms with Crippen LogP contribution in [0.15, 0.2) is 0 Å². The largest absolute Gasteiger partial charge is 0.465 e. The summed E-state index contributed by atoms with van der Waals surface area (Å²) in [6.45, 7) is 13.5. The summed E-state index contributed by atoms with van der Waals surface area (Å²) in [6.07, 6.45) is 11.2. The van der Waals surface area contributed by atoms with Crippen LogP contribution in [0.25, 0.3) is 0 Å². The van der Waals surface area contributed by atoms with E-state index in [1.165, 1.54) is 58.7 Å². The van der Waals surface area contributed by atoms with Crippen LogP contribution < -0.4 is 0 Å². The number of rotatable bonds is 12. The maximum absolute atomic E-state index is 13.4. The van der Waals surface area contributed by atoms with E-state index in [0.717, 1.165) is 88.2 Å². The summed E-state index contributed by atoms with van der Waals surface area (Å²) in [5.74, 6) is -0.855. The summed E-state index contributed by atoms with van der Waals surface area (Å²) < 4.78 is 10.6. The molecular weight excluding hydrogens is 472 g/mol. The summed E-state index contributed by atoms with van der Waals surface area (Å²) in [6, 6.07) is 0. The molecule has 4 heteroatoms. The Morgan fingerprint density at radius 2 is 0.842 bits per heavy atom. The molecule has 38 heavy (non-hydrogen) atoms. The number of hydrogen-bond acceptors (Lipinski definition) is 4. The molecule has 0 atom stereocenters. The van der Waals surface area contributed by atoms with E-state index in [1.807, 2.05) is 0 Å². The van der Waals surface area contributed by atoms with Crippen LogP contribution >= 0.6 is 0 Å². The lowest BCUT2D eigenvalue weighted by molar-refractivity contribution is 0.0552. The molecule has 0 fully saturated rings. The molecule has 1 aliphatic rings. The van der Waals surface area contributed by atoms with Crippen LogP contribution in [0.2, 0.25) is 0 Å². The van der Waals surface area contributed by atoms with Crippen LogP contribution in [-0.4, -0.2) is 26.2 Å². The van der Waals surface area contributed by atoms with Crippen molar-refractivity contribution < 1.29 is 19.1 Å². The Morgan fingerprint density at radius 3 is 1.11 bits per heavy atom. The van der Waals surface area contributed by atoms with Crippen molar-refractivity contribution in [1.82, 2.24) is 0 Å². The van der Waals surface area contributed by atoms with Crippen molar-refractivity contribution in [3.8, 4) is 0 Å². The highest BCUT2D eigenvalue weighted by Crippen LogP contribution is 2.42. The fourth-order valence-electron chi connectivity index (χ4n) is 6.89. The van der Waals surface area contributed by atoms with E-state index < -0.39 is 11.9 Å². The molecule has 0 aromatic heterocycles. The van der Waals surface area contributed by atoms with E-state index in [0.29, 0.717) is 11.1 Å². The maximum atomic E-state index is 13.4. The van der Waals surface area contributed by atoms with Crippen LogP contribution in [0.3, 0.4) is 0 Å². The first-order chi connectivity index (χ1) is 18.4. The predicted octanol–water partition coefficient (Wildman–Crippen LogP) is 7.69. The van der Waals surface area contributed by atoms with E-state index in [4.69, 9.17) is 9.47 Å². The summed E-state index contributed by atoms with van der Waals surface area (Å²) in [7, 11) is 2.83. The number of methoxy groups -OCH3 is 2. The van der Waals surface area contributed by atoms with Gasteiger partial charge in [-0.3, -0.25) is 0 Å². The molecule has 208 valence electrons. The van der Waals surface area contributed by atoms with Gasteiger partial charge >= 0.3 is 11.9 Å². The summed E-state index contributed by atoms with van der Waals surface area (Å²) in [5.41, 5.74) is 14.4. The summed E-state index contributed by atoms with van der Waals surface area (Å²) in [4.78, 5) is 26.7. The van der Waals surface area contributed by atoms with Crippen molar-refractivity contribution in [3.05, 3.63) is 66.8 Å². The number of esters is 2. The number of carbonyl (C=O) groups excluding carboxylic acids is 2. The van der Waals surface area contributed by atoms with Crippen LogP contribution in [0.4, 0.5) is 0 Å². The van der Waals surface area contributed by atoms with Gasteiger partial charge in [-0.25, -0.2) is 9.59 Å². The molecule has 0 saturated carbocycles. The molecule has 0 N–H and O–H groups in total. The van der Waals surface area contributed by atoms with Gasteiger partial charge < -0.3 is 9.47 Å². The van der Waals surface area contributed by atoms with Gasteiger partial charge in [0.25, 0.3) is 0 Å². The number of carbonyl (C=O) groups is 2. The zero-order valence-corrected chi connectivity index (χ0v) is 25.1. The van der Waals surface area contributed by atoms with Crippen molar-refractivity contribution in [1.29, 1.82) is 0 Å². The minimum Gasteiger partial charge on any atom is -0.465 e. The Labute approximate surface area is 230 Å². The molecular formula is C34H48O4. The fourth-order valence-corrected chi connectivity index (χ4v) is 6.89. The third kappa shape index (κ3) is 5.28. The zero-order valence-electron chi connectivity index (χ0n) is 25.1. The highest BCUT2D eigenvalue weighted by atomic mass is 16.5. The van der Waals surface area contributed by atoms with Gasteiger partial charge in [0, 0.05) is 0 Å². The van der Waals surface area contributed by atoms with Gasteiger partial charge in [-0.05, 0) is 120 Å². The highest BCUT2D eigenvalue weighted by molar-refractivity contribution is 6.06. The predicted molar refractivity (Wildman–Crippen MR) is 156 cm³/mol. The SMILES string of the molecule is CCCCc1c2c(c(CCCC)c(C(=O)OC)c1C(=O)OC)Cc1c(CC)c(CC)c(CC)c(CC)c1C2. The Bertz CT molecular complexity index is 1100. The Kier molecular flexibility index (Phi) is 10.6. The van der Waals surface area contributed by atoms with Crippen molar-refractivity contribution in [2.75, 3.05) is 14.2 Å². The van der Waals surface area contributed by atoms with Crippen LogP contribution in [0.1, 0.15) is 144 Å². The molecule has 3 rings (SSSR count). The Morgan fingerprint density at radius 1 is 0.526 bits per heavy atom. The molecule has 0 spiro atoms. The lowest BCUT2D eigenvalue weighted by atomic mass is 9.71. The lowest BCUT2D eigenvalue weighted by Gasteiger charge is -2.33. The number of ether oxygens (including phenoxy) is 2. The Hall–Kier alpha value is -2.62. The van der Waals surface area contributed by atoms with Gasteiger partial charge in [-0.1, -0.05) is 54.4 Å². The average Bonchev–Trinajstić information content (AvgIpc) is 2.95. The number of fused-ring (bicyclic) bond motifs is 2. The quantitative estimate of drug-likeness (QED) is 0.230. The molecule has 0 heterocycles. The standard InChI is InChI=1S/C34H48O4/c1-9-15-17-25-29-19-27-23(13-5)21(11-3)22(12-4)24(14-6)28(27)20-30(29)26(18-16-10-2)32(34(36)38-8)31(25)33(35)37-7/h9-20H2,1-8H3. The molecule has 4 nitrogen and oxygen atoms in total. The average molecular weight is 521 g/mol. The monoisotopic (exact) mass is 520 g/mol. The highest BCUT2D eigenvalue weighted by Gasteiger charge is 2.35. The van der Waals surface area contributed by atoms with Crippen LogP contribution in [0.5, 0.6) is 0 Å². The second kappa shape index (κ2) is 13.4. The smallest absolute Gasteiger partial charge is 0.339 e. The molecule has 0 unspecified atom stereocenters. The zero-order chi connectivity index (χ0) is 28.0. The summed E-state index contributed by atoms with van der Waals surface area (Å²) >= 11 is 0. The Balaban J connectivity index is 2.50. The van der Waals surface area contributed by atoms with Gasteiger partial charge in [0.05, 0.1) is 25.3 Å². The molecule has 0 amide bonds. The molecule has 2 aromatic carbocycles. The fraction of sp³-hybridized carbons (Fsp3) is 0.588. The number of hydrogen-bond donors (Lipinski definition) is 0. The van der Waals surface area contributed by atoms with Gasteiger partial charge in [0.2, 0.25) is 0 Å². The second-order valence-electron chi connectivity index (χ2n) is 10.5. The van der Waals surface area contributed by atoms with Crippen molar-refractivity contribution in [3.63, 3.8) is 0 Å². The van der Waals surface area contributed by atoms with Gasteiger partial charge in [0.1, 0.15) is 0 Å². The van der Waals surface area contributed by atoms with E-state index in [-0.39, 0.29) is 0 Å². The van der Waals surface area contributed by atoms with E-state index in [1.54, 1.807) is 0 Å². The molecule has 0 radical (unpaired) electrons. The van der Waals surface area contributed by atoms with E-state index >= 15 is 0 Å². The molecule has 0 aliphatic heterocycles. The topological polar surface area (TPSA) is 52.6 Å². The van der Waals surface area contributed by atoms with Crippen molar-refractivity contribution >= 4 is 11.9 Å². The molecule has 1 aliphatic carbocycles. The third-order valence-corrected chi connectivity index (χ3v) is 8.59. The molecule has 0 bridgehead atoms. The molecule has 2 aromatic rings.